The molecular weight excluding hydrogens is 624 g/mol. The van der Waals surface area contributed by atoms with E-state index in [-0.39, 0.29) is 36.7 Å². The molecule has 0 spiro atoms. The van der Waals surface area contributed by atoms with E-state index in [1.165, 1.54) is 9.80 Å². The first-order chi connectivity index (χ1) is 24.0. The smallest absolute Gasteiger partial charge is 0.261 e. The van der Waals surface area contributed by atoms with Crippen LogP contribution in [-0.4, -0.2) is 113 Å². The Kier molecular flexibility index (Phi) is 10.8. The molecule has 0 aliphatic carbocycles. The fourth-order valence-electron chi connectivity index (χ4n) is 6.55. The minimum absolute atomic E-state index is 0.257. The van der Waals surface area contributed by atoms with Crippen molar-refractivity contribution in [3.63, 3.8) is 0 Å². The van der Waals surface area contributed by atoms with Gasteiger partial charge in [-0.1, -0.05) is 24.3 Å². The highest BCUT2D eigenvalue weighted by molar-refractivity contribution is 6.27. The van der Waals surface area contributed by atoms with E-state index in [2.05, 4.69) is 21.3 Å². The number of hydrogen-bond donors (Lipinski definition) is 4. The van der Waals surface area contributed by atoms with Crippen molar-refractivity contribution in [1.29, 1.82) is 0 Å². The van der Waals surface area contributed by atoms with Crippen molar-refractivity contribution in [3.05, 3.63) is 82.9 Å². The van der Waals surface area contributed by atoms with Crippen molar-refractivity contribution < 1.29 is 28.7 Å². The van der Waals surface area contributed by atoms with Crippen molar-refractivity contribution in [2.75, 3.05) is 90.4 Å². The van der Waals surface area contributed by atoms with Gasteiger partial charge in [0.05, 0.1) is 13.2 Å². The third-order valence-corrected chi connectivity index (χ3v) is 8.96. The summed E-state index contributed by atoms with van der Waals surface area (Å²) in [4.78, 5) is 56.0. The number of benzene rings is 4. The van der Waals surface area contributed by atoms with Crippen molar-refractivity contribution in [2.24, 2.45) is 0 Å². The van der Waals surface area contributed by atoms with Gasteiger partial charge in [0, 0.05) is 109 Å². The molecule has 4 aromatic rings. The molecule has 12 nitrogen and oxygen atoms in total. The maximum absolute atomic E-state index is 13.4. The van der Waals surface area contributed by atoms with E-state index in [4.69, 9.17) is 9.47 Å². The quantitative estimate of drug-likeness (QED) is 0.0921. The van der Waals surface area contributed by atoms with Crippen LogP contribution in [0.5, 0.6) is 0 Å². The number of nitrogens with zero attached hydrogens (tertiary/aromatic N) is 2. The molecule has 4 N–H and O–H groups in total. The Balaban J connectivity index is 0.948. The standard InChI is InChI=1S/C37H42N6O6/c1-48-22-18-40-30-12-10-28-32-24(30)6-3-8-26(32)34(44)42(36(28)46)20-16-38-14-5-15-39-17-21-43-35(45)27-9-4-7-25-31(41-19-23-49-2)13-11-29(33(25)27)37(43)47/h3-4,6-13,38-41H,5,14-23H2,1-2H3. The normalized spacial score (nSPS) is 14.0. The molecule has 6 rings (SSSR count). The number of amides is 4. The number of nitrogens with one attached hydrogen (secondary N) is 4. The first kappa shape index (κ1) is 34.0. The summed E-state index contributed by atoms with van der Waals surface area (Å²) in [6.07, 6.45) is 0.783. The van der Waals surface area contributed by atoms with Gasteiger partial charge in [-0.05, 0) is 55.9 Å². The summed E-state index contributed by atoms with van der Waals surface area (Å²) in [6, 6.07) is 18.4. The zero-order chi connectivity index (χ0) is 34.3. The van der Waals surface area contributed by atoms with E-state index < -0.39 is 0 Å². The number of rotatable bonds is 18. The van der Waals surface area contributed by atoms with E-state index in [1.807, 2.05) is 36.4 Å². The predicted octanol–water partition coefficient (Wildman–Crippen LogP) is 3.57. The van der Waals surface area contributed by atoms with Crippen LogP contribution in [0.25, 0.3) is 21.5 Å². The molecule has 49 heavy (non-hydrogen) atoms. The Labute approximate surface area is 285 Å². The highest BCUT2D eigenvalue weighted by Crippen LogP contribution is 2.35. The Morgan fingerprint density at radius 3 is 1.33 bits per heavy atom. The minimum atomic E-state index is -0.291. The van der Waals surface area contributed by atoms with Gasteiger partial charge < -0.3 is 30.7 Å². The van der Waals surface area contributed by atoms with Crippen molar-refractivity contribution in [2.45, 2.75) is 6.42 Å². The third-order valence-electron chi connectivity index (χ3n) is 8.96. The Morgan fingerprint density at radius 2 is 0.918 bits per heavy atom. The minimum Gasteiger partial charge on any atom is -0.383 e. The van der Waals surface area contributed by atoms with Crippen LogP contribution in [-0.2, 0) is 9.47 Å². The zero-order valence-electron chi connectivity index (χ0n) is 27.9. The predicted molar refractivity (Wildman–Crippen MR) is 190 cm³/mol. The highest BCUT2D eigenvalue weighted by atomic mass is 16.5. The number of imide groups is 2. The average molecular weight is 667 g/mol. The van der Waals surface area contributed by atoms with Crippen molar-refractivity contribution in [1.82, 2.24) is 20.4 Å². The monoisotopic (exact) mass is 666 g/mol. The van der Waals surface area contributed by atoms with E-state index in [0.29, 0.717) is 85.5 Å². The molecule has 4 amide bonds. The molecule has 0 aromatic heterocycles. The molecule has 0 fully saturated rings. The number of anilines is 2. The first-order valence-electron chi connectivity index (χ1n) is 16.7. The lowest BCUT2D eigenvalue weighted by atomic mass is 9.93. The fraction of sp³-hybridized carbons (Fsp3) is 0.351. The van der Waals surface area contributed by atoms with E-state index in [1.54, 1.807) is 38.5 Å². The topological polar surface area (TPSA) is 141 Å². The van der Waals surface area contributed by atoms with E-state index >= 15 is 0 Å². The summed E-state index contributed by atoms with van der Waals surface area (Å²) >= 11 is 0. The van der Waals surface area contributed by atoms with E-state index in [9.17, 15) is 19.2 Å². The molecule has 12 heteroatoms. The van der Waals surface area contributed by atoms with Crippen LogP contribution >= 0.6 is 0 Å². The largest absolute Gasteiger partial charge is 0.383 e. The van der Waals surface area contributed by atoms with E-state index in [0.717, 1.165) is 28.6 Å². The number of ether oxygens (including phenoxy) is 2. The van der Waals surface area contributed by atoms with Gasteiger partial charge in [0.2, 0.25) is 0 Å². The van der Waals surface area contributed by atoms with Gasteiger partial charge in [0.15, 0.2) is 0 Å². The van der Waals surface area contributed by atoms with Crippen molar-refractivity contribution in [3.8, 4) is 0 Å². The summed E-state index contributed by atoms with van der Waals surface area (Å²) in [6.45, 7) is 5.10. The van der Waals surface area contributed by atoms with Crippen LogP contribution < -0.4 is 21.3 Å². The molecule has 0 radical (unpaired) electrons. The second-order valence-corrected chi connectivity index (χ2v) is 12.0. The second-order valence-electron chi connectivity index (χ2n) is 12.0. The van der Waals surface area contributed by atoms with Gasteiger partial charge in [-0.3, -0.25) is 29.0 Å². The average Bonchev–Trinajstić information content (AvgIpc) is 3.12. The Bertz CT molecular complexity index is 1720. The lowest BCUT2D eigenvalue weighted by Gasteiger charge is -2.28. The van der Waals surface area contributed by atoms with Crippen LogP contribution in [0, 0.1) is 0 Å². The fourth-order valence-corrected chi connectivity index (χ4v) is 6.55. The van der Waals surface area contributed by atoms with Crippen LogP contribution in [0.3, 0.4) is 0 Å². The van der Waals surface area contributed by atoms with Crippen molar-refractivity contribution >= 4 is 56.5 Å². The number of carbonyl (C=O) groups excluding carboxylic acids is 4. The SMILES string of the molecule is COCCNc1ccc2c3c(cccc13)C(=O)N(CCNCCCNCCN1C(=O)c3cccc4c(NCCOC)ccc(c34)C1=O)C2=O. The Morgan fingerprint density at radius 1 is 0.510 bits per heavy atom. The van der Waals surface area contributed by atoms with Crippen LogP contribution in [0.2, 0.25) is 0 Å². The molecule has 0 atom stereocenters. The summed E-state index contributed by atoms with van der Waals surface area (Å²) in [7, 11) is 3.28. The molecule has 4 aromatic carbocycles. The van der Waals surface area contributed by atoms with Crippen LogP contribution in [0.1, 0.15) is 47.9 Å². The molecular formula is C37H42N6O6. The Hall–Kier alpha value is -4.88. The summed E-state index contributed by atoms with van der Waals surface area (Å²) < 4.78 is 10.3. The molecule has 0 saturated carbocycles. The number of carbonyl (C=O) groups is 4. The van der Waals surface area contributed by atoms with Gasteiger partial charge >= 0.3 is 0 Å². The first-order valence-corrected chi connectivity index (χ1v) is 16.7. The van der Waals surface area contributed by atoms with Crippen LogP contribution in [0.4, 0.5) is 11.4 Å². The number of methoxy groups -OCH3 is 2. The van der Waals surface area contributed by atoms with Gasteiger partial charge in [-0.15, -0.1) is 0 Å². The lowest BCUT2D eigenvalue weighted by Crippen LogP contribution is -2.44. The molecule has 0 saturated heterocycles. The molecule has 0 unspecified atom stereocenters. The van der Waals surface area contributed by atoms with Crippen LogP contribution in [0.15, 0.2) is 60.7 Å². The number of hydrogen-bond acceptors (Lipinski definition) is 10. The summed E-state index contributed by atoms with van der Waals surface area (Å²) in [5.74, 6) is -1.16. The molecule has 2 aliphatic rings. The molecule has 2 aliphatic heterocycles. The molecule has 0 bridgehead atoms. The third kappa shape index (κ3) is 6.86. The summed E-state index contributed by atoms with van der Waals surface area (Å²) in [5.41, 5.74) is 3.82. The zero-order valence-corrected chi connectivity index (χ0v) is 27.9. The second kappa shape index (κ2) is 15.6. The summed E-state index contributed by atoms with van der Waals surface area (Å²) in [5, 5.41) is 16.3. The van der Waals surface area contributed by atoms with Gasteiger partial charge in [-0.2, -0.15) is 0 Å². The molecule has 2 heterocycles. The van der Waals surface area contributed by atoms with Gasteiger partial charge in [-0.25, -0.2) is 0 Å². The highest BCUT2D eigenvalue weighted by Gasteiger charge is 2.34. The van der Waals surface area contributed by atoms with Gasteiger partial charge in [0.1, 0.15) is 0 Å². The maximum atomic E-state index is 13.4. The lowest BCUT2D eigenvalue weighted by molar-refractivity contribution is 0.0597. The maximum Gasteiger partial charge on any atom is 0.261 e. The van der Waals surface area contributed by atoms with Gasteiger partial charge in [0.25, 0.3) is 23.6 Å². The molecule has 256 valence electrons.